The zero-order valence-corrected chi connectivity index (χ0v) is 10.7. The van der Waals surface area contributed by atoms with Gasteiger partial charge >= 0.3 is 0 Å². The molecule has 1 heterocycles. The fourth-order valence-electron chi connectivity index (χ4n) is 2.19. The molecule has 0 bridgehead atoms. The topological polar surface area (TPSA) is 38.3 Å². The molecule has 1 unspecified atom stereocenters. The summed E-state index contributed by atoms with van der Waals surface area (Å²) in [7, 11) is 0. The number of fused-ring (bicyclic) bond motifs is 1. The number of benzene rings is 1. The maximum absolute atomic E-state index is 11.8. The molecule has 1 atom stereocenters. The van der Waals surface area contributed by atoms with Gasteiger partial charge in [0.1, 0.15) is 5.75 Å². The molecule has 3 nitrogen and oxygen atoms in total. The Kier molecular flexibility index (Phi) is 3.36. The molecule has 1 aromatic carbocycles. The van der Waals surface area contributed by atoms with Crippen molar-refractivity contribution in [2.75, 3.05) is 5.32 Å². The Morgan fingerprint density at radius 1 is 1.35 bits per heavy atom. The van der Waals surface area contributed by atoms with Gasteiger partial charge in [-0.2, -0.15) is 0 Å². The van der Waals surface area contributed by atoms with Crippen molar-refractivity contribution in [3.8, 4) is 5.75 Å². The summed E-state index contributed by atoms with van der Waals surface area (Å²) in [5.74, 6) is 0.812. The molecule has 1 aliphatic rings. The minimum atomic E-state index is -0.330. The van der Waals surface area contributed by atoms with Crippen LogP contribution in [0.15, 0.2) is 12.1 Å². The summed E-state index contributed by atoms with van der Waals surface area (Å²) in [5.41, 5.74) is 3.03. The summed E-state index contributed by atoms with van der Waals surface area (Å²) in [6.45, 7) is 6.14. The number of amides is 1. The van der Waals surface area contributed by atoms with E-state index in [0.717, 1.165) is 41.8 Å². The first kappa shape index (κ1) is 12.0. The van der Waals surface area contributed by atoms with Crippen LogP contribution in [0.5, 0.6) is 5.75 Å². The summed E-state index contributed by atoms with van der Waals surface area (Å²) < 4.78 is 5.82. The van der Waals surface area contributed by atoms with E-state index in [9.17, 15) is 4.79 Å². The molecule has 0 spiro atoms. The van der Waals surface area contributed by atoms with Crippen molar-refractivity contribution in [2.24, 2.45) is 0 Å². The molecule has 92 valence electrons. The number of aryl methyl sites for hydroxylation is 2. The number of anilines is 1. The number of nitrogens with one attached hydrogen (secondary N) is 1. The standard InChI is InChI=1S/C14H19NO2/c1-4-5-6-12-14(16)15-11-8-9(2)7-10(3)13(11)17-12/h7-8,12H,4-6H2,1-3H3,(H,15,16). The van der Waals surface area contributed by atoms with Crippen LogP contribution in [0.1, 0.15) is 37.3 Å². The molecule has 0 saturated heterocycles. The highest BCUT2D eigenvalue weighted by atomic mass is 16.5. The monoisotopic (exact) mass is 233 g/mol. The first-order valence-corrected chi connectivity index (χ1v) is 6.20. The average molecular weight is 233 g/mol. The highest BCUT2D eigenvalue weighted by Crippen LogP contribution is 2.34. The van der Waals surface area contributed by atoms with Crippen LogP contribution in [0.25, 0.3) is 0 Å². The van der Waals surface area contributed by atoms with Gasteiger partial charge in [0.05, 0.1) is 5.69 Å². The lowest BCUT2D eigenvalue weighted by Gasteiger charge is -2.27. The lowest BCUT2D eigenvalue weighted by molar-refractivity contribution is -0.123. The molecule has 0 aromatic heterocycles. The Labute approximate surface area is 102 Å². The lowest BCUT2D eigenvalue weighted by atomic mass is 10.1. The predicted octanol–water partition coefficient (Wildman–Crippen LogP) is 3.19. The first-order chi connectivity index (χ1) is 8.11. The number of unbranched alkanes of at least 4 members (excludes halogenated alkanes) is 1. The Morgan fingerprint density at radius 3 is 2.82 bits per heavy atom. The van der Waals surface area contributed by atoms with Crippen molar-refractivity contribution in [1.29, 1.82) is 0 Å². The van der Waals surface area contributed by atoms with Crippen LogP contribution in [0, 0.1) is 13.8 Å². The number of carbonyl (C=O) groups excluding carboxylic acids is 1. The normalized spacial score (nSPS) is 18.3. The van der Waals surface area contributed by atoms with Crippen LogP contribution >= 0.6 is 0 Å². The van der Waals surface area contributed by atoms with Gasteiger partial charge in [0, 0.05) is 0 Å². The van der Waals surface area contributed by atoms with Gasteiger partial charge in [-0.15, -0.1) is 0 Å². The minimum Gasteiger partial charge on any atom is -0.478 e. The van der Waals surface area contributed by atoms with Crippen LogP contribution in [0.4, 0.5) is 5.69 Å². The van der Waals surface area contributed by atoms with Gasteiger partial charge in [0.25, 0.3) is 5.91 Å². The van der Waals surface area contributed by atoms with Gasteiger partial charge in [0.2, 0.25) is 0 Å². The van der Waals surface area contributed by atoms with Gasteiger partial charge in [-0.1, -0.05) is 19.4 Å². The molecule has 0 fully saturated rings. The van der Waals surface area contributed by atoms with E-state index in [1.54, 1.807) is 0 Å². The van der Waals surface area contributed by atoms with Gasteiger partial charge in [0.15, 0.2) is 6.10 Å². The van der Waals surface area contributed by atoms with E-state index in [0.29, 0.717) is 0 Å². The minimum absolute atomic E-state index is 0.0176. The third-order valence-electron chi connectivity index (χ3n) is 3.05. The Balaban J connectivity index is 2.25. The maximum Gasteiger partial charge on any atom is 0.265 e. The highest BCUT2D eigenvalue weighted by Gasteiger charge is 2.28. The Bertz CT molecular complexity index is 440. The summed E-state index contributed by atoms with van der Waals surface area (Å²) >= 11 is 0. The second kappa shape index (κ2) is 4.78. The van der Waals surface area contributed by atoms with Gasteiger partial charge in [-0.05, 0) is 43.9 Å². The molecule has 1 N–H and O–H groups in total. The van der Waals surface area contributed by atoms with Crippen LogP contribution in [0.2, 0.25) is 0 Å². The van der Waals surface area contributed by atoms with Crippen molar-refractivity contribution < 1.29 is 9.53 Å². The van der Waals surface area contributed by atoms with E-state index in [4.69, 9.17) is 4.74 Å². The predicted molar refractivity (Wildman–Crippen MR) is 68.5 cm³/mol. The molecule has 0 radical (unpaired) electrons. The molecule has 3 heteroatoms. The van der Waals surface area contributed by atoms with E-state index >= 15 is 0 Å². The smallest absolute Gasteiger partial charge is 0.265 e. The largest absolute Gasteiger partial charge is 0.478 e. The first-order valence-electron chi connectivity index (χ1n) is 6.20. The van der Waals surface area contributed by atoms with E-state index in [-0.39, 0.29) is 12.0 Å². The van der Waals surface area contributed by atoms with Crippen LogP contribution in [-0.4, -0.2) is 12.0 Å². The zero-order chi connectivity index (χ0) is 12.4. The highest BCUT2D eigenvalue weighted by molar-refractivity contribution is 5.98. The lowest BCUT2D eigenvalue weighted by Crippen LogP contribution is -2.37. The maximum atomic E-state index is 11.8. The van der Waals surface area contributed by atoms with E-state index < -0.39 is 0 Å². The summed E-state index contributed by atoms with van der Waals surface area (Å²) in [5, 5.41) is 2.94. The summed E-state index contributed by atoms with van der Waals surface area (Å²) in [4.78, 5) is 11.8. The Morgan fingerprint density at radius 2 is 2.12 bits per heavy atom. The van der Waals surface area contributed by atoms with Crippen molar-refractivity contribution in [2.45, 2.75) is 46.1 Å². The van der Waals surface area contributed by atoms with Crippen molar-refractivity contribution in [3.63, 3.8) is 0 Å². The van der Waals surface area contributed by atoms with E-state index in [2.05, 4.69) is 18.3 Å². The third-order valence-corrected chi connectivity index (χ3v) is 3.05. The molecule has 1 aliphatic heterocycles. The third kappa shape index (κ3) is 2.43. The van der Waals surface area contributed by atoms with Crippen molar-refractivity contribution >= 4 is 11.6 Å². The molecule has 2 rings (SSSR count). The van der Waals surface area contributed by atoms with Crippen LogP contribution < -0.4 is 10.1 Å². The summed E-state index contributed by atoms with van der Waals surface area (Å²) in [6, 6.07) is 4.03. The molecule has 1 aromatic rings. The SMILES string of the molecule is CCCCC1Oc2c(C)cc(C)cc2NC1=O. The molecule has 1 amide bonds. The number of rotatable bonds is 3. The quantitative estimate of drug-likeness (QED) is 0.870. The zero-order valence-electron chi connectivity index (χ0n) is 10.7. The summed E-state index contributed by atoms with van der Waals surface area (Å²) in [6.07, 6.45) is 2.55. The van der Waals surface area contributed by atoms with Gasteiger partial charge < -0.3 is 10.1 Å². The van der Waals surface area contributed by atoms with Crippen molar-refractivity contribution in [1.82, 2.24) is 0 Å². The van der Waals surface area contributed by atoms with Crippen LogP contribution in [-0.2, 0) is 4.79 Å². The molecular weight excluding hydrogens is 214 g/mol. The second-order valence-corrected chi connectivity index (χ2v) is 4.70. The number of hydrogen-bond acceptors (Lipinski definition) is 2. The molecule has 17 heavy (non-hydrogen) atoms. The number of hydrogen-bond donors (Lipinski definition) is 1. The second-order valence-electron chi connectivity index (χ2n) is 4.70. The fourth-order valence-corrected chi connectivity index (χ4v) is 2.19. The van der Waals surface area contributed by atoms with Crippen molar-refractivity contribution in [3.05, 3.63) is 23.3 Å². The number of ether oxygens (including phenoxy) is 1. The fraction of sp³-hybridized carbons (Fsp3) is 0.500. The molecule has 0 aliphatic carbocycles. The average Bonchev–Trinajstić information content (AvgIpc) is 2.26. The Hall–Kier alpha value is -1.51. The van der Waals surface area contributed by atoms with E-state index in [1.807, 2.05) is 19.9 Å². The van der Waals surface area contributed by atoms with Gasteiger partial charge in [-0.3, -0.25) is 4.79 Å². The van der Waals surface area contributed by atoms with Crippen LogP contribution in [0.3, 0.4) is 0 Å². The molecule has 0 saturated carbocycles. The number of carbonyl (C=O) groups is 1. The van der Waals surface area contributed by atoms with Gasteiger partial charge in [-0.25, -0.2) is 0 Å². The molecular formula is C14H19NO2. The van der Waals surface area contributed by atoms with E-state index in [1.165, 1.54) is 0 Å².